The zero-order valence-electron chi connectivity index (χ0n) is 18.1. The number of hydrogen-bond acceptors (Lipinski definition) is 4. The lowest BCUT2D eigenvalue weighted by Crippen LogP contribution is -2.56. The fraction of sp³-hybridized carbons (Fsp3) is 0.619. The fourth-order valence-electron chi connectivity index (χ4n) is 3.17. The number of halogens is 1. The molecule has 1 amide bonds. The van der Waals surface area contributed by atoms with Gasteiger partial charge in [-0.05, 0) is 45.4 Å². The smallest absolute Gasteiger partial charge is 0.251 e. The quantitative estimate of drug-likeness (QED) is 0.280. The van der Waals surface area contributed by atoms with Crippen molar-refractivity contribution in [1.29, 1.82) is 0 Å². The number of guanidine groups is 1. The molecule has 7 nitrogen and oxygen atoms in total. The van der Waals surface area contributed by atoms with Crippen molar-refractivity contribution in [3.63, 3.8) is 0 Å². The molecular weight excluding hydrogens is 481 g/mol. The SMILES string of the molecule is CCNC(=O)c1cccc(CN=C(NCC)NCC(C)(C)N2CCOCC2)c1.I. The summed E-state index contributed by atoms with van der Waals surface area (Å²) < 4.78 is 5.46. The third kappa shape index (κ3) is 8.47. The van der Waals surface area contributed by atoms with Crippen LogP contribution < -0.4 is 16.0 Å². The van der Waals surface area contributed by atoms with E-state index >= 15 is 0 Å². The molecule has 0 aliphatic carbocycles. The highest BCUT2D eigenvalue weighted by Gasteiger charge is 2.28. The Labute approximate surface area is 192 Å². The number of benzene rings is 1. The Morgan fingerprint density at radius 3 is 2.48 bits per heavy atom. The normalized spacial score (nSPS) is 15.4. The lowest BCUT2D eigenvalue weighted by Gasteiger charge is -2.41. The molecule has 3 N–H and O–H groups in total. The third-order valence-electron chi connectivity index (χ3n) is 4.85. The van der Waals surface area contributed by atoms with E-state index in [2.05, 4.69) is 41.6 Å². The summed E-state index contributed by atoms with van der Waals surface area (Å²) in [4.78, 5) is 19.2. The number of morpholine rings is 1. The predicted molar refractivity (Wildman–Crippen MR) is 129 cm³/mol. The molecule has 1 aromatic carbocycles. The van der Waals surface area contributed by atoms with Crippen LogP contribution in [0.3, 0.4) is 0 Å². The number of nitrogens with one attached hydrogen (secondary N) is 3. The van der Waals surface area contributed by atoms with E-state index in [0.29, 0.717) is 18.7 Å². The summed E-state index contributed by atoms with van der Waals surface area (Å²) in [7, 11) is 0. The maximum atomic E-state index is 12.0. The van der Waals surface area contributed by atoms with E-state index in [1.807, 2.05) is 31.2 Å². The molecule has 1 aliphatic rings. The first kappa shape index (κ1) is 25.6. The van der Waals surface area contributed by atoms with Crippen LogP contribution in [0.5, 0.6) is 0 Å². The van der Waals surface area contributed by atoms with Crippen LogP contribution in [-0.4, -0.2) is 68.2 Å². The molecule has 8 heteroatoms. The third-order valence-corrected chi connectivity index (χ3v) is 4.85. The summed E-state index contributed by atoms with van der Waals surface area (Å²) in [6.45, 7) is 14.7. The van der Waals surface area contributed by atoms with Gasteiger partial charge in [0.05, 0.1) is 19.8 Å². The number of amides is 1. The van der Waals surface area contributed by atoms with Crippen molar-refractivity contribution in [3.05, 3.63) is 35.4 Å². The topological polar surface area (TPSA) is 78.0 Å². The Morgan fingerprint density at radius 2 is 1.83 bits per heavy atom. The van der Waals surface area contributed by atoms with Gasteiger partial charge in [0.1, 0.15) is 0 Å². The number of ether oxygens (including phenoxy) is 1. The van der Waals surface area contributed by atoms with Gasteiger partial charge < -0.3 is 20.7 Å². The molecule has 0 spiro atoms. The Hall–Kier alpha value is -1.39. The summed E-state index contributed by atoms with van der Waals surface area (Å²) in [5, 5.41) is 9.60. The fourth-order valence-corrected chi connectivity index (χ4v) is 3.17. The molecule has 1 aliphatic heterocycles. The van der Waals surface area contributed by atoms with Crippen LogP contribution in [0.25, 0.3) is 0 Å². The molecule has 0 atom stereocenters. The van der Waals surface area contributed by atoms with Crippen molar-refractivity contribution in [2.45, 2.75) is 39.8 Å². The van der Waals surface area contributed by atoms with Crippen LogP contribution in [0.4, 0.5) is 0 Å². The predicted octanol–water partition coefficient (Wildman–Crippen LogP) is 2.22. The highest BCUT2D eigenvalue weighted by molar-refractivity contribution is 14.0. The van der Waals surface area contributed by atoms with E-state index < -0.39 is 0 Å². The van der Waals surface area contributed by atoms with E-state index in [1.165, 1.54) is 0 Å². The molecule has 1 heterocycles. The highest BCUT2D eigenvalue weighted by Crippen LogP contribution is 2.15. The minimum Gasteiger partial charge on any atom is -0.379 e. The second kappa shape index (κ2) is 13.0. The summed E-state index contributed by atoms with van der Waals surface area (Å²) in [5.41, 5.74) is 1.69. The number of aliphatic imine (C=N–C) groups is 1. The molecule has 29 heavy (non-hydrogen) atoms. The molecule has 1 aromatic rings. The van der Waals surface area contributed by atoms with Gasteiger partial charge in [-0.2, -0.15) is 0 Å². The number of nitrogens with zero attached hydrogens (tertiary/aromatic N) is 2. The molecule has 1 fully saturated rings. The van der Waals surface area contributed by atoms with Gasteiger partial charge in [0.15, 0.2) is 5.96 Å². The van der Waals surface area contributed by atoms with Gasteiger partial charge in [0.25, 0.3) is 5.91 Å². The molecule has 1 saturated heterocycles. The van der Waals surface area contributed by atoms with Crippen LogP contribution in [-0.2, 0) is 11.3 Å². The first-order valence-corrected chi connectivity index (χ1v) is 10.2. The first-order valence-electron chi connectivity index (χ1n) is 10.2. The van der Waals surface area contributed by atoms with Crippen molar-refractivity contribution >= 4 is 35.8 Å². The molecule has 0 radical (unpaired) electrons. The molecule has 0 aromatic heterocycles. The molecule has 0 saturated carbocycles. The van der Waals surface area contributed by atoms with Crippen LogP contribution in [0.15, 0.2) is 29.3 Å². The van der Waals surface area contributed by atoms with Crippen molar-refractivity contribution in [2.24, 2.45) is 4.99 Å². The van der Waals surface area contributed by atoms with Gasteiger partial charge in [-0.1, -0.05) is 12.1 Å². The van der Waals surface area contributed by atoms with E-state index in [0.717, 1.165) is 50.9 Å². The van der Waals surface area contributed by atoms with E-state index in [-0.39, 0.29) is 35.4 Å². The molecule has 0 bridgehead atoms. The molecule has 0 unspecified atom stereocenters. The molecule has 2 rings (SSSR count). The zero-order valence-corrected chi connectivity index (χ0v) is 20.4. The van der Waals surface area contributed by atoms with Crippen LogP contribution >= 0.6 is 24.0 Å². The van der Waals surface area contributed by atoms with Crippen molar-refractivity contribution in [3.8, 4) is 0 Å². The minimum absolute atomic E-state index is 0. The van der Waals surface area contributed by atoms with Crippen LogP contribution in [0.2, 0.25) is 0 Å². The van der Waals surface area contributed by atoms with Crippen LogP contribution in [0.1, 0.15) is 43.6 Å². The van der Waals surface area contributed by atoms with Crippen LogP contribution in [0, 0.1) is 0 Å². The number of carbonyl (C=O) groups excluding carboxylic acids is 1. The molecular formula is C21H36IN5O2. The van der Waals surface area contributed by atoms with Gasteiger partial charge >= 0.3 is 0 Å². The van der Waals surface area contributed by atoms with Gasteiger partial charge in [0.2, 0.25) is 0 Å². The lowest BCUT2D eigenvalue weighted by atomic mass is 10.0. The van der Waals surface area contributed by atoms with Crippen molar-refractivity contribution < 1.29 is 9.53 Å². The van der Waals surface area contributed by atoms with Gasteiger partial charge in [-0.3, -0.25) is 9.69 Å². The average Bonchev–Trinajstić information content (AvgIpc) is 2.71. The maximum Gasteiger partial charge on any atom is 0.251 e. The van der Waals surface area contributed by atoms with Crippen molar-refractivity contribution in [2.75, 3.05) is 45.9 Å². The number of rotatable bonds is 8. The largest absolute Gasteiger partial charge is 0.379 e. The first-order chi connectivity index (χ1) is 13.5. The summed E-state index contributed by atoms with van der Waals surface area (Å²) in [6, 6.07) is 7.62. The highest BCUT2D eigenvalue weighted by atomic mass is 127. The minimum atomic E-state index is -0.0504. The second-order valence-electron chi connectivity index (χ2n) is 7.52. The Kier molecular flexibility index (Phi) is 11.5. The Morgan fingerprint density at radius 1 is 1.14 bits per heavy atom. The lowest BCUT2D eigenvalue weighted by molar-refractivity contribution is -0.00834. The zero-order chi connectivity index (χ0) is 20.4. The second-order valence-corrected chi connectivity index (χ2v) is 7.52. The standard InChI is InChI=1S/C21H35N5O2.HI/c1-5-22-19(27)18-9-7-8-17(14-18)15-24-20(23-6-2)25-16-21(3,4)26-10-12-28-13-11-26;/h7-9,14H,5-6,10-13,15-16H2,1-4H3,(H,22,27)(H2,23,24,25);1H. The molecule has 164 valence electrons. The van der Waals surface area contributed by atoms with E-state index in [4.69, 9.17) is 9.73 Å². The number of hydrogen-bond donors (Lipinski definition) is 3. The van der Waals surface area contributed by atoms with Gasteiger partial charge in [-0.25, -0.2) is 4.99 Å². The number of carbonyl (C=O) groups is 1. The summed E-state index contributed by atoms with van der Waals surface area (Å²) >= 11 is 0. The maximum absolute atomic E-state index is 12.0. The van der Waals surface area contributed by atoms with E-state index in [1.54, 1.807) is 0 Å². The summed E-state index contributed by atoms with van der Waals surface area (Å²) in [6.07, 6.45) is 0. The van der Waals surface area contributed by atoms with Gasteiger partial charge in [0, 0.05) is 43.8 Å². The monoisotopic (exact) mass is 517 g/mol. The summed E-state index contributed by atoms with van der Waals surface area (Å²) in [5.74, 6) is 0.734. The average molecular weight is 517 g/mol. The van der Waals surface area contributed by atoms with Crippen molar-refractivity contribution in [1.82, 2.24) is 20.9 Å². The Balaban J connectivity index is 0.00000420. The van der Waals surface area contributed by atoms with Gasteiger partial charge in [-0.15, -0.1) is 24.0 Å². The van der Waals surface area contributed by atoms with E-state index in [9.17, 15) is 4.79 Å². The Bertz CT molecular complexity index is 660.